The van der Waals surface area contributed by atoms with Crippen molar-refractivity contribution in [3.8, 4) is 0 Å². The summed E-state index contributed by atoms with van der Waals surface area (Å²) in [6.07, 6.45) is 7.94. The van der Waals surface area contributed by atoms with E-state index in [-0.39, 0.29) is 34.4 Å². The molecule has 0 saturated carbocycles. The van der Waals surface area contributed by atoms with Gasteiger partial charge in [-0.05, 0) is 76.3 Å². The lowest BCUT2D eigenvalue weighted by Gasteiger charge is -2.43. The first-order valence-electron chi connectivity index (χ1n) is 13.1. The van der Waals surface area contributed by atoms with Gasteiger partial charge >= 0.3 is 0 Å². The summed E-state index contributed by atoms with van der Waals surface area (Å²) in [4.78, 5) is 15.1. The topological polar surface area (TPSA) is 85.0 Å². The molecule has 1 aromatic carbocycles. The maximum Gasteiger partial charge on any atom is 0.222 e. The summed E-state index contributed by atoms with van der Waals surface area (Å²) in [5.74, 6) is -0.741. The van der Waals surface area contributed by atoms with Crippen LogP contribution >= 0.6 is 11.6 Å². The minimum absolute atomic E-state index is 0.00252. The van der Waals surface area contributed by atoms with Crippen LogP contribution < -0.4 is 5.73 Å². The maximum atomic E-state index is 15.1. The summed E-state index contributed by atoms with van der Waals surface area (Å²) >= 11 is 6.08. The summed E-state index contributed by atoms with van der Waals surface area (Å²) in [5, 5.41) is 11.9. The molecule has 0 bridgehead atoms. The van der Waals surface area contributed by atoms with Crippen molar-refractivity contribution in [2.75, 3.05) is 40.0 Å². The maximum absolute atomic E-state index is 15.1. The Morgan fingerprint density at radius 2 is 2.17 bits per heavy atom. The molecule has 0 aromatic heterocycles. The van der Waals surface area contributed by atoms with E-state index in [1.807, 2.05) is 4.90 Å². The minimum Gasteiger partial charge on any atom is -0.385 e. The molecule has 0 spiro atoms. The van der Waals surface area contributed by atoms with Gasteiger partial charge in [-0.25, -0.2) is 4.39 Å². The molecule has 198 valence electrons. The zero-order valence-corrected chi connectivity index (χ0v) is 21.8. The number of likely N-dealkylation sites (tertiary alicyclic amines) is 1. The number of aliphatic hydroxyl groups is 1. The van der Waals surface area contributed by atoms with E-state index in [1.54, 1.807) is 19.2 Å². The molecule has 6 nitrogen and oxygen atoms in total. The number of hydrogen-bond acceptors (Lipinski definition) is 5. The fourth-order valence-electron chi connectivity index (χ4n) is 5.64. The fraction of sp³-hybridized carbons (Fsp3) is 0.741. The number of nitrogens with zero attached hydrogens (tertiary/aromatic N) is 1. The first-order chi connectivity index (χ1) is 16.9. The number of rotatable bonds is 12. The van der Waals surface area contributed by atoms with Crippen molar-refractivity contribution in [2.45, 2.75) is 75.9 Å². The van der Waals surface area contributed by atoms with Gasteiger partial charge in [0, 0.05) is 51.3 Å². The number of hydrogen-bond donors (Lipinski definition) is 2. The summed E-state index contributed by atoms with van der Waals surface area (Å²) in [6, 6.07) is 4.78. The standard InChI is InChI=1S/C27H42ClFN2O4/c1-34-14-5-3-12-27(33,23-10-6-11-24(28)26(23)29)21-8-7-13-31(19-21)25(32)17-20(18-30)16-22-9-2-4-15-35-22/h6,10-11,20-22,33H,2-5,7-9,12-19,30H2,1H3/t20-,21-,22?,27+/m1/s1. The van der Waals surface area contributed by atoms with Gasteiger partial charge in [0.15, 0.2) is 0 Å². The van der Waals surface area contributed by atoms with Gasteiger partial charge in [-0.1, -0.05) is 23.7 Å². The molecular formula is C27H42ClFN2O4. The number of carbonyl (C=O) groups excluding carboxylic acids is 1. The number of benzene rings is 1. The Morgan fingerprint density at radius 3 is 2.89 bits per heavy atom. The van der Waals surface area contributed by atoms with Crippen LogP contribution in [0.4, 0.5) is 4.39 Å². The van der Waals surface area contributed by atoms with E-state index in [2.05, 4.69) is 0 Å². The monoisotopic (exact) mass is 512 g/mol. The van der Waals surface area contributed by atoms with Crippen LogP contribution in [0, 0.1) is 17.7 Å². The summed E-state index contributed by atoms with van der Waals surface area (Å²) < 4.78 is 26.1. The minimum atomic E-state index is -1.41. The van der Waals surface area contributed by atoms with Crippen molar-refractivity contribution in [3.63, 3.8) is 0 Å². The van der Waals surface area contributed by atoms with Gasteiger partial charge in [0.2, 0.25) is 5.91 Å². The summed E-state index contributed by atoms with van der Waals surface area (Å²) in [5.41, 5.74) is 4.83. The van der Waals surface area contributed by atoms with Crippen LogP contribution in [0.15, 0.2) is 18.2 Å². The van der Waals surface area contributed by atoms with Crippen LogP contribution in [0.5, 0.6) is 0 Å². The van der Waals surface area contributed by atoms with Crippen LogP contribution in [0.1, 0.15) is 69.8 Å². The first-order valence-corrected chi connectivity index (χ1v) is 13.5. The zero-order chi connectivity index (χ0) is 25.3. The van der Waals surface area contributed by atoms with Gasteiger partial charge in [0.05, 0.1) is 16.7 Å². The molecule has 3 N–H and O–H groups in total. The quantitative estimate of drug-likeness (QED) is 0.398. The highest BCUT2D eigenvalue weighted by Crippen LogP contribution is 2.42. The van der Waals surface area contributed by atoms with E-state index in [1.165, 1.54) is 6.07 Å². The van der Waals surface area contributed by atoms with Gasteiger partial charge in [-0.3, -0.25) is 4.79 Å². The Labute approximate surface area is 214 Å². The number of carbonyl (C=O) groups is 1. The predicted octanol–water partition coefficient (Wildman–Crippen LogP) is 4.65. The summed E-state index contributed by atoms with van der Waals surface area (Å²) in [7, 11) is 1.64. The fourth-order valence-corrected chi connectivity index (χ4v) is 5.81. The highest BCUT2D eigenvalue weighted by Gasteiger charge is 2.43. The normalized spacial score (nSPS) is 23.6. The predicted molar refractivity (Wildman–Crippen MR) is 136 cm³/mol. The van der Waals surface area contributed by atoms with E-state index in [9.17, 15) is 9.90 Å². The molecule has 2 fully saturated rings. The number of amides is 1. The number of methoxy groups -OCH3 is 1. The largest absolute Gasteiger partial charge is 0.385 e. The van der Waals surface area contributed by atoms with E-state index in [0.29, 0.717) is 51.9 Å². The second-order valence-electron chi connectivity index (χ2n) is 10.2. The van der Waals surface area contributed by atoms with E-state index >= 15 is 4.39 Å². The Hall–Kier alpha value is -1.25. The molecule has 8 heteroatoms. The van der Waals surface area contributed by atoms with Crippen molar-refractivity contribution >= 4 is 17.5 Å². The average molecular weight is 513 g/mol. The van der Waals surface area contributed by atoms with E-state index in [4.69, 9.17) is 26.8 Å². The van der Waals surface area contributed by atoms with Gasteiger partial charge in [-0.15, -0.1) is 0 Å². The van der Waals surface area contributed by atoms with Crippen LogP contribution in [0.25, 0.3) is 0 Å². The lowest BCUT2D eigenvalue weighted by atomic mass is 9.73. The third-order valence-corrected chi connectivity index (χ3v) is 7.98. The zero-order valence-electron chi connectivity index (χ0n) is 21.0. The number of piperidine rings is 1. The van der Waals surface area contributed by atoms with Crippen LogP contribution in [0.3, 0.4) is 0 Å². The molecule has 2 heterocycles. The van der Waals surface area contributed by atoms with Crippen LogP contribution in [0.2, 0.25) is 5.02 Å². The molecule has 1 amide bonds. The SMILES string of the molecule is COCCCC[C@@](O)(c1cccc(Cl)c1F)[C@@H]1CCCN(C(=O)C[C@H](CN)CC2CCCCO2)C1. The molecule has 35 heavy (non-hydrogen) atoms. The van der Waals surface area contributed by atoms with Crippen molar-refractivity contribution in [1.82, 2.24) is 4.90 Å². The van der Waals surface area contributed by atoms with Crippen LogP contribution in [-0.2, 0) is 19.9 Å². The second kappa shape index (κ2) is 13.9. The van der Waals surface area contributed by atoms with Crippen molar-refractivity contribution < 1.29 is 23.8 Å². The molecule has 0 radical (unpaired) electrons. The van der Waals surface area contributed by atoms with Gasteiger partial charge in [-0.2, -0.15) is 0 Å². The first kappa shape index (κ1) is 28.3. The third kappa shape index (κ3) is 7.62. The molecule has 2 aliphatic rings. The Balaban J connectivity index is 1.71. The molecule has 3 rings (SSSR count). The molecule has 4 atom stereocenters. The molecular weight excluding hydrogens is 471 g/mol. The average Bonchev–Trinajstić information content (AvgIpc) is 2.88. The molecule has 2 saturated heterocycles. The highest BCUT2D eigenvalue weighted by atomic mass is 35.5. The molecule has 2 aliphatic heterocycles. The van der Waals surface area contributed by atoms with E-state index < -0.39 is 11.4 Å². The number of halogens is 2. The van der Waals surface area contributed by atoms with Crippen LogP contribution in [-0.4, -0.2) is 62.0 Å². The Kier molecular flexibility index (Phi) is 11.2. The third-order valence-electron chi connectivity index (χ3n) is 7.69. The van der Waals surface area contributed by atoms with Crippen molar-refractivity contribution in [2.24, 2.45) is 17.6 Å². The smallest absolute Gasteiger partial charge is 0.222 e. The van der Waals surface area contributed by atoms with Crippen molar-refractivity contribution in [1.29, 1.82) is 0 Å². The number of ether oxygens (including phenoxy) is 2. The molecule has 1 unspecified atom stereocenters. The molecule has 0 aliphatic carbocycles. The number of unbranched alkanes of at least 4 members (excludes halogenated alkanes) is 1. The Morgan fingerprint density at radius 1 is 1.34 bits per heavy atom. The highest BCUT2D eigenvalue weighted by molar-refractivity contribution is 6.30. The Bertz CT molecular complexity index is 807. The van der Waals surface area contributed by atoms with Crippen molar-refractivity contribution in [3.05, 3.63) is 34.6 Å². The second-order valence-corrected chi connectivity index (χ2v) is 10.6. The van der Waals surface area contributed by atoms with Gasteiger partial charge in [0.25, 0.3) is 0 Å². The van der Waals surface area contributed by atoms with Gasteiger partial charge < -0.3 is 25.2 Å². The number of nitrogens with two attached hydrogens (primary N) is 1. The molecule has 1 aromatic rings. The lowest BCUT2D eigenvalue weighted by Crippen LogP contribution is -2.49. The van der Waals surface area contributed by atoms with E-state index in [0.717, 1.165) is 45.1 Å². The lowest BCUT2D eigenvalue weighted by molar-refractivity contribution is -0.138. The summed E-state index contributed by atoms with van der Waals surface area (Å²) in [6.45, 7) is 2.84. The van der Waals surface area contributed by atoms with Gasteiger partial charge in [0.1, 0.15) is 5.82 Å².